The van der Waals surface area contributed by atoms with Crippen LogP contribution >= 0.6 is 11.6 Å². The molecule has 0 aromatic carbocycles. The second-order valence-electron chi connectivity index (χ2n) is 7.00. The summed E-state index contributed by atoms with van der Waals surface area (Å²) in [6.45, 7) is 0.263. The summed E-state index contributed by atoms with van der Waals surface area (Å²) in [7, 11) is 1.82. The number of fused-ring (bicyclic) bond motifs is 2. The molecule has 0 radical (unpaired) electrons. The van der Waals surface area contributed by atoms with E-state index in [9.17, 15) is 18.0 Å². The zero-order chi connectivity index (χ0) is 18.9. The molecule has 1 aromatic rings. The van der Waals surface area contributed by atoms with Crippen molar-refractivity contribution in [2.45, 2.75) is 56.4 Å². The third-order valence-corrected chi connectivity index (χ3v) is 5.48. The lowest BCUT2D eigenvalue weighted by atomic mass is 9.98. The Balaban J connectivity index is 1.49. The highest BCUT2D eigenvalue weighted by Crippen LogP contribution is 2.32. The fourth-order valence-electron chi connectivity index (χ4n) is 3.73. The summed E-state index contributed by atoms with van der Waals surface area (Å²) in [5, 5.41) is 6.27. The zero-order valence-electron chi connectivity index (χ0n) is 14.4. The average molecular weight is 391 g/mol. The smallest absolute Gasteiger partial charge is 0.368 e. The first-order valence-electron chi connectivity index (χ1n) is 8.72. The molecule has 0 saturated carbocycles. The van der Waals surface area contributed by atoms with E-state index in [1.54, 1.807) is 4.90 Å². The second kappa shape index (κ2) is 7.60. The molecule has 3 heterocycles. The molecule has 2 aliphatic rings. The molecule has 144 valence electrons. The summed E-state index contributed by atoms with van der Waals surface area (Å²) in [4.78, 5) is 17.9. The largest absolute Gasteiger partial charge is 0.417 e. The average Bonchev–Trinajstić information content (AvgIpc) is 2.92. The number of nitrogens with zero attached hydrogens (tertiary/aromatic N) is 2. The molecule has 0 spiro atoms. The predicted molar refractivity (Wildman–Crippen MR) is 93.1 cm³/mol. The Morgan fingerprint density at radius 3 is 2.62 bits per heavy atom. The molecule has 1 amide bonds. The highest BCUT2D eigenvalue weighted by atomic mass is 35.5. The van der Waals surface area contributed by atoms with E-state index < -0.39 is 11.7 Å². The fraction of sp³-hybridized carbons (Fsp3) is 0.647. The van der Waals surface area contributed by atoms with E-state index >= 15 is 0 Å². The number of alkyl halides is 3. The summed E-state index contributed by atoms with van der Waals surface area (Å²) in [5.41, 5.74) is -0.899. The van der Waals surface area contributed by atoms with Gasteiger partial charge in [0, 0.05) is 44.3 Å². The molecule has 1 aromatic heterocycles. The number of carbonyl (C=O) groups excluding carboxylic acids is 1. The number of nitrogens with one attached hydrogen (secondary N) is 2. The van der Waals surface area contributed by atoms with E-state index in [0.29, 0.717) is 12.1 Å². The maximum absolute atomic E-state index is 12.6. The molecule has 2 aliphatic heterocycles. The zero-order valence-corrected chi connectivity index (χ0v) is 15.2. The van der Waals surface area contributed by atoms with Crippen LogP contribution in [0.3, 0.4) is 0 Å². The van der Waals surface area contributed by atoms with Crippen molar-refractivity contribution in [3.63, 3.8) is 0 Å². The second-order valence-corrected chi connectivity index (χ2v) is 7.40. The molecule has 3 rings (SSSR count). The Morgan fingerprint density at radius 1 is 1.38 bits per heavy atom. The predicted octanol–water partition coefficient (Wildman–Crippen LogP) is 3.30. The molecule has 2 saturated heterocycles. The Hall–Kier alpha value is -1.54. The maximum Gasteiger partial charge on any atom is 0.417 e. The van der Waals surface area contributed by atoms with Crippen LogP contribution in [0.5, 0.6) is 0 Å². The minimum Gasteiger partial charge on any atom is -0.368 e. The Morgan fingerprint density at radius 2 is 2.04 bits per heavy atom. The number of halogens is 4. The quantitative estimate of drug-likeness (QED) is 0.810. The van der Waals surface area contributed by atoms with Crippen molar-refractivity contribution in [2.75, 3.05) is 18.9 Å². The van der Waals surface area contributed by atoms with Crippen LogP contribution in [-0.2, 0) is 11.0 Å². The van der Waals surface area contributed by atoms with E-state index in [4.69, 9.17) is 11.6 Å². The third-order valence-electron chi connectivity index (χ3n) is 5.19. The van der Waals surface area contributed by atoms with Gasteiger partial charge in [0.15, 0.2) is 0 Å². The van der Waals surface area contributed by atoms with Crippen LogP contribution in [0.2, 0.25) is 5.02 Å². The molecule has 26 heavy (non-hydrogen) atoms. The van der Waals surface area contributed by atoms with E-state index in [2.05, 4.69) is 15.6 Å². The lowest BCUT2D eigenvalue weighted by Crippen LogP contribution is -2.48. The Kier molecular flexibility index (Phi) is 5.62. The van der Waals surface area contributed by atoms with Gasteiger partial charge in [-0.15, -0.1) is 0 Å². The SMILES string of the molecule is CN(C(=O)CCNc1ncc(C(F)(F)F)cc1Cl)C1CC2CCC(C1)N2. The summed E-state index contributed by atoms with van der Waals surface area (Å²) in [6.07, 6.45) is 0.756. The van der Waals surface area contributed by atoms with Crippen molar-refractivity contribution in [1.82, 2.24) is 15.2 Å². The molecular weight excluding hydrogens is 369 g/mol. The van der Waals surface area contributed by atoms with E-state index in [0.717, 1.165) is 25.1 Å². The van der Waals surface area contributed by atoms with Crippen LogP contribution < -0.4 is 10.6 Å². The molecule has 2 bridgehead atoms. The van der Waals surface area contributed by atoms with Crippen molar-refractivity contribution >= 4 is 23.3 Å². The molecule has 0 aliphatic carbocycles. The number of piperidine rings is 1. The first-order valence-corrected chi connectivity index (χ1v) is 9.10. The van der Waals surface area contributed by atoms with Gasteiger partial charge >= 0.3 is 6.18 Å². The van der Waals surface area contributed by atoms with Crippen molar-refractivity contribution < 1.29 is 18.0 Å². The van der Waals surface area contributed by atoms with Gasteiger partial charge in [0.25, 0.3) is 0 Å². The third kappa shape index (κ3) is 4.40. The minimum atomic E-state index is -4.48. The number of hydrogen-bond acceptors (Lipinski definition) is 4. The number of amides is 1. The van der Waals surface area contributed by atoms with Gasteiger partial charge in [-0.3, -0.25) is 4.79 Å². The molecule has 2 unspecified atom stereocenters. The standard InChI is InChI=1S/C17H22ClF3N4O/c1-25(13-7-11-2-3-12(8-13)24-11)15(26)4-5-22-16-14(18)6-10(9-23-16)17(19,20)21/h6,9,11-13,24H,2-5,7-8H2,1H3,(H,22,23). The lowest BCUT2D eigenvalue weighted by molar-refractivity contribution is -0.137. The monoisotopic (exact) mass is 390 g/mol. The van der Waals surface area contributed by atoms with E-state index in [1.165, 1.54) is 12.8 Å². The van der Waals surface area contributed by atoms with E-state index in [1.807, 2.05) is 7.05 Å². The fourth-order valence-corrected chi connectivity index (χ4v) is 3.97. The van der Waals surface area contributed by atoms with Crippen LogP contribution in [0.15, 0.2) is 12.3 Å². The minimum absolute atomic E-state index is 0.00633. The van der Waals surface area contributed by atoms with Crippen LogP contribution in [-0.4, -0.2) is 47.5 Å². The first-order chi connectivity index (χ1) is 12.2. The number of pyridine rings is 1. The molecule has 9 heteroatoms. The van der Waals surface area contributed by atoms with Gasteiger partial charge in [-0.1, -0.05) is 11.6 Å². The van der Waals surface area contributed by atoms with Crippen molar-refractivity contribution in [2.24, 2.45) is 0 Å². The Bertz CT molecular complexity index is 658. The van der Waals surface area contributed by atoms with Gasteiger partial charge in [-0.2, -0.15) is 13.2 Å². The molecule has 2 fully saturated rings. The van der Waals surface area contributed by atoms with Crippen molar-refractivity contribution in [1.29, 1.82) is 0 Å². The summed E-state index contributed by atoms with van der Waals surface area (Å²) >= 11 is 5.85. The van der Waals surface area contributed by atoms with Gasteiger partial charge in [0.1, 0.15) is 5.82 Å². The number of rotatable bonds is 5. The molecule has 5 nitrogen and oxygen atoms in total. The van der Waals surface area contributed by atoms with Gasteiger partial charge in [-0.25, -0.2) is 4.98 Å². The highest BCUT2D eigenvalue weighted by Gasteiger charge is 2.36. The number of carbonyl (C=O) groups is 1. The van der Waals surface area contributed by atoms with Gasteiger partial charge < -0.3 is 15.5 Å². The van der Waals surface area contributed by atoms with Crippen molar-refractivity contribution in [3.8, 4) is 0 Å². The van der Waals surface area contributed by atoms with E-state index in [-0.39, 0.29) is 35.8 Å². The van der Waals surface area contributed by atoms with Crippen molar-refractivity contribution in [3.05, 3.63) is 22.8 Å². The van der Waals surface area contributed by atoms with Crippen LogP contribution in [0.1, 0.15) is 37.7 Å². The maximum atomic E-state index is 12.6. The summed E-state index contributed by atoms with van der Waals surface area (Å²) in [6, 6.07) is 2.08. The molecule has 2 atom stereocenters. The summed E-state index contributed by atoms with van der Waals surface area (Å²) in [5.74, 6) is 0.155. The Labute approximate surface area is 155 Å². The first kappa shape index (κ1) is 19.2. The number of aromatic nitrogens is 1. The van der Waals surface area contributed by atoms with Gasteiger partial charge in [0.2, 0.25) is 5.91 Å². The molecular formula is C17H22ClF3N4O. The van der Waals surface area contributed by atoms with Gasteiger partial charge in [0.05, 0.1) is 10.6 Å². The van der Waals surface area contributed by atoms with Crippen LogP contribution in [0.25, 0.3) is 0 Å². The number of anilines is 1. The topological polar surface area (TPSA) is 57.3 Å². The number of hydrogen-bond donors (Lipinski definition) is 2. The lowest BCUT2D eigenvalue weighted by Gasteiger charge is -2.35. The van der Waals surface area contributed by atoms with Crippen LogP contribution in [0, 0.1) is 0 Å². The summed E-state index contributed by atoms with van der Waals surface area (Å²) < 4.78 is 37.8. The van der Waals surface area contributed by atoms with Crippen LogP contribution in [0.4, 0.5) is 19.0 Å². The molecule has 2 N–H and O–H groups in total. The highest BCUT2D eigenvalue weighted by molar-refractivity contribution is 6.32. The normalized spacial score (nSPS) is 25.2. The van der Waals surface area contributed by atoms with Gasteiger partial charge in [-0.05, 0) is 31.7 Å².